The van der Waals surface area contributed by atoms with Crippen molar-refractivity contribution in [1.29, 1.82) is 0 Å². The zero-order chi connectivity index (χ0) is 12.0. The van der Waals surface area contributed by atoms with E-state index >= 15 is 0 Å². The summed E-state index contributed by atoms with van der Waals surface area (Å²) in [7, 11) is 0. The Balaban J connectivity index is 1.82. The Morgan fingerprint density at radius 3 is 2.65 bits per heavy atom. The van der Waals surface area contributed by atoms with Gasteiger partial charge in [-0.1, -0.05) is 42.5 Å². The molecule has 0 radical (unpaired) electrons. The lowest BCUT2D eigenvalue weighted by Gasteiger charge is -2.32. The molecule has 1 unspecified atom stereocenters. The third-order valence-electron chi connectivity index (χ3n) is 3.36. The summed E-state index contributed by atoms with van der Waals surface area (Å²) in [4.78, 5) is 0. The van der Waals surface area contributed by atoms with E-state index in [1.807, 2.05) is 18.2 Å². The molecule has 0 bridgehead atoms. The second kappa shape index (κ2) is 6.23. The highest BCUT2D eigenvalue weighted by Crippen LogP contribution is 2.34. The Bertz CT molecular complexity index is 360. The Kier molecular flexibility index (Phi) is 4.64. The summed E-state index contributed by atoms with van der Waals surface area (Å²) in [5.74, 6) is 0.687. The van der Waals surface area contributed by atoms with Gasteiger partial charge in [0, 0.05) is 11.3 Å². The fraction of sp³-hybridized carbons (Fsp3) is 0.467. The Morgan fingerprint density at radius 1 is 1.18 bits per heavy atom. The van der Waals surface area contributed by atoms with Crippen LogP contribution in [0.15, 0.2) is 42.5 Å². The molecule has 92 valence electrons. The molecule has 0 fully saturated rings. The van der Waals surface area contributed by atoms with Gasteiger partial charge in [0.2, 0.25) is 0 Å². The third kappa shape index (κ3) is 3.58. The van der Waals surface area contributed by atoms with E-state index in [4.69, 9.17) is 16.3 Å². The lowest BCUT2D eigenvalue weighted by molar-refractivity contribution is 0.0394. The second-order valence-electron chi connectivity index (χ2n) is 4.83. The quantitative estimate of drug-likeness (QED) is 0.563. The Labute approximate surface area is 108 Å². The van der Waals surface area contributed by atoms with Crippen LogP contribution in [0.25, 0.3) is 0 Å². The standard InChI is InChI=1S/C15H19ClO/c16-12-15(9-5-2-6-10-15)13-17-11-14-7-3-1-4-8-14/h1-5,7-8H,6,9-13H2. The summed E-state index contributed by atoms with van der Waals surface area (Å²) < 4.78 is 5.84. The van der Waals surface area contributed by atoms with Crippen molar-refractivity contribution in [1.82, 2.24) is 0 Å². The zero-order valence-corrected chi connectivity index (χ0v) is 10.8. The van der Waals surface area contributed by atoms with Crippen LogP contribution in [0.2, 0.25) is 0 Å². The minimum absolute atomic E-state index is 0.158. The Morgan fingerprint density at radius 2 is 2.00 bits per heavy atom. The molecule has 1 nitrogen and oxygen atoms in total. The number of allylic oxidation sites excluding steroid dienone is 2. The maximum Gasteiger partial charge on any atom is 0.0717 e. The minimum Gasteiger partial charge on any atom is -0.376 e. The molecule has 0 spiro atoms. The fourth-order valence-electron chi connectivity index (χ4n) is 2.19. The summed E-state index contributed by atoms with van der Waals surface area (Å²) in [5.41, 5.74) is 1.38. The topological polar surface area (TPSA) is 9.23 Å². The monoisotopic (exact) mass is 250 g/mol. The maximum absolute atomic E-state index is 6.10. The summed E-state index contributed by atoms with van der Waals surface area (Å²) >= 11 is 6.10. The number of ether oxygens (including phenoxy) is 1. The van der Waals surface area contributed by atoms with E-state index in [0.29, 0.717) is 12.5 Å². The van der Waals surface area contributed by atoms with E-state index in [0.717, 1.165) is 25.9 Å². The van der Waals surface area contributed by atoms with Gasteiger partial charge >= 0.3 is 0 Å². The van der Waals surface area contributed by atoms with Crippen LogP contribution in [0.4, 0.5) is 0 Å². The number of rotatable bonds is 5. The third-order valence-corrected chi connectivity index (χ3v) is 3.93. The minimum atomic E-state index is 0.158. The van der Waals surface area contributed by atoms with Crippen molar-refractivity contribution in [2.24, 2.45) is 5.41 Å². The predicted molar refractivity (Wildman–Crippen MR) is 72.2 cm³/mol. The Hall–Kier alpha value is -0.790. The van der Waals surface area contributed by atoms with Crippen LogP contribution in [-0.2, 0) is 11.3 Å². The SMILES string of the molecule is ClCC1(COCc2ccccc2)CC=CCC1. The van der Waals surface area contributed by atoms with Gasteiger partial charge < -0.3 is 4.74 Å². The van der Waals surface area contributed by atoms with Crippen LogP contribution in [-0.4, -0.2) is 12.5 Å². The van der Waals surface area contributed by atoms with E-state index in [1.54, 1.807) is 0 Å². The first-order valence-electron chi connectivity index (χ1n) is 6.17. The van der Waals surface area contributed by atoms with Crippen LogP contribution in [0.1, 0.15) is 24.8 Å². The molecule has 0 heterocycles. The van der Waals surface area contributed by atoms with Gasteiger partial charge in [-0.05, 0) is 24.8 Å². The van der Waals surface area contributed by atoms with Gasteiger partial charge in [0.15, 0.2) is 0 Å². The van der Waals surface area contributed by atoms with Crippen LogP contribution in [0.5, 0.6) is 0 Å². The first kappa shape index (κ1) is 12.7. The van der Waals surface area contributed by atoms with Crippen molar-refractivity contribution < 1.29 is 4.74 Å². The first-order valence-corrected chi connectivity index (χ1v) is 6.71. The number of alkyl halides is 1. The zero-order valence-electron chi connectivity index (χ0n) is 10.1. The molecule has 2 rings (SSSR count). The van der Waals surface area contributed by atoms with E-state index in [2.05, 4.69) is 24.3 Å². The van der Waals surface area contributed by atoms with E-state index < -0.39 is 0 Å². The molecule has 17 heavy (non-hydrogen) atoms. The van der Waals surface area contributed by atoms with Crippen LogP contribution >= 0.6 is 11.6 Å². The molecule has 0 N–H and O–H groups in total. The largest absolute Gasteiger partial charge is 0.376 e. The summed E-state index contributed by atoms with van der Waals surface area (Å²) in [5, 5.41) is 0. The van der Waals surface area contributed by atoms with Crippen LogP contribution in [0.3, 0.4) is 0 Å². The van der Waals surface area contributed by atoms with Crippen molar-refractivity contribution in [3.63, 3.8) is 0 Å². The lowest BCUT2D eigenvalue weighted by Crippen LogP contribution is -2.30. The molecule has 1 aromatic carbocycles. The molecule has 0 aromatic heterocycles. The van der Waals surface area contributed by atoms with E-state index in [1.165, 1.54) is 5.56 Å². The number of hydrogen-bond donors (Lipinski definition) is 0. The molecule has 1 atom stereocenters. The molecular formula is C15H19ClO. The van der Waals surface area contributed by atoms with Gasteiger partial charge in [0.05, 0.1) is 13.2 Å². The highest BCUT2D eigenvalue weighted by Gasteiger charge is 2.29. The molecule has 0 amide bonds. The number of halogens is 1. The highest BCUT2D eigenvalue weighted by atomic mass is 35.5. The van der Waals surface area contributed by atoms with E-state index in [9.17, 15) is 0 Å². The van der Waals surface area contributed by atoms with Crippen molar-refractivity contribution in [2.45, 2.75) is 25.9 Å². The van der Waals surface area contributed by atoms with Gasteiger partial charge in [-0.25, -0.2) is 0 Å². The lowest BCUT2D eigenvalue weighted by atomic mass is 9.79. The van der Waals surface area contributed by atoms with Gasteiger partial charge in [-0.2, -0.15) is 0 Å². The molecule has 0 saturated carbocycles. The summed E-state index contributed by atoms with van der Waals surface area (Å²) in [6, 6.07) is 10.3. The van der Waals surface area contributed by atoms with Crippen LogP contribution < -0.4 is 0 Å². The average molecular weight is 251 g/mol. The highest BCUT2D eigenvalue weighted by molar-refractivity contribution is 6.18. The van der Waals surface area contributed by atoms with Gasteiger partial charge in [0.1, 0.15) is 0 Å². The summed E-state index contributed by atoms with van der Waals surface area (Å²) in [6.45, 7) is 1.44. The van der Waals surface area contributed by atoms with Gasteiger partial charge in [-0.15, -0.1) is 11.6 Å². The fourth-order valence-corrected chi connectivity index (χ4v) is 2.51. The van der Waals surface area contributed by atoms with Crippen LogP contribution in [0, 0.1) is 5.41 Å². The number of benzene rings is 1. The number of hydrogen-bond acceptors (Lipinski definition) is 1. The maximum atomic E-state index is 6.10. The van der Waals surface area contributed by atoms with Crippen molar-refractivity contribution in [3.8, 4) is 0 Å². The smallest absolute Gasteiger partial charge is 0.0717 e. The molecular weight excluding hydrogens is 232 g/mol. The molecule has 1 aliphatic rings. The van der Waals surface area contributed by atoms with Crippen molar-refractivity contribution in [2.75, 3.05) is 12.5 Å². The van der Waals surface area contributed by atoms with Gasteiger partial charge in [-0.3, -0.25) is 0 Å². The van der Waals surface area contributed by atoms with Crippen molar-refractivity contribution in [3.05, 3.63) is 48.0 Å². The predicted octanol–water partition coefficient (Wildman–Crippen LogP) is 4.17. The normalized spacial score (nSPS) is 23.8. The molecule has 2 heteroatoms. The molecule has 1 aliphatic carbocycles. The molecule has 0 saturated heterocycles. The molecule has 1 aromatic rings. The summed E-state index contributed by atoms with van der Waals surface area (Å²) in [6.07, 6.45) is 7.79. The molecule has 0 aliphatic heterocycles. The van der Waals surface area contributed by atoms with Gasteiger partial charge in [0.25, 0.3) is 0 Å². The first-order chi connectivity index (χ1) is 8.35. The average Bonchev–Trinajstić information content (AvgIpc) is 2.41. The van der Waals surface area contributed by atoms with Crippen molar-refractivity contribution >= 4 is 11.6 Å². The second-order valence-corrected chi connectivity index (χ2v) is 5.09. The van der Waals surface area contributed by atoms with E-state index in [-0.39, 0.29) is 5.41 Å².